The highest BCUT2D eigenvalue weighted by molar-refractivity contribution is 5.54. The average Bonchev–Trinajstić information content (AvgIpc) is 1.83. The summed E-state index contributed by atoms with van der Waals surface area (Å²) < 4.78 is 0. The molecule has 0 aromatic rings. The SMILES string of the molecule is C=C/C(N)=C\N=CC.[HH]. The zero-order chi connectivity index (χ0) is 6.41. The molecule has 0 amide bonds. The lowest BCUT2D eigenvalue weighted by Gasteiger charge is -1.82. The van der Waals surface area contributed by atoms with Gasteiger partial charge in [0.05, 0.1) is 0 Å². The van der Waals surface area contributed by atoms with Gasteiger partial charge in [-0.1, -0.05) is 6.58 Å². The van der Waals surface area contributed by atoms with Crippen LogP contribution < -0.4 is 5.73 Å². The molecule has 0 spiro atoms. The molecule has 0 heterocycles. The second kappa shape index (κ2) is 4.12. The van der Waals surface area contributed by atoms with Crippen molar-refractivity contribution < 1.29 is 1.43 Å². The van der Waals surface area contributed by atoms with Crippen LogP contribution in [0.4, 0.5) is 0 Å². The normalized spacial score (nSPS) is 12.4. The number of nitrogens with zero attached hydrogens (tertiary/aromatic N) is 1. The quantitative estimate of drug-likeness (QED) is 0.424. The van der Waals surface area contributed by atoms with Crippen molar-refractivity contribution in [3.63, 3.8) is 0 Å². The fraction of sp³-hybridized carbons (Fsp3) is 0.167. The number of aliphatic imine (C=N–C) groups is 1. The van der Waals surface area contributed by atoms with Crippen LogP contribution in [-0.4, -0.2) is 6.21 Å². The Morgan fingerprint density at radius 2 is 2.50 bits per heavy atom. The van der Waals surface area contributed by atoms with Crippen molar-refractivity contribution in [2.24, 2.45) is 10.7 Å². The molecule has 8 heavy (non-hydrogen) atoms. The first kappa shape index (κ1) is 6.95. The Kier molecular flexibility index (Phi) is 3.58. The average molecular weight is 112 g/mol. The standard InChI is InChI=1S/C6H10N2.H2/c1-3-6(7)5-8-4-2;/h3-5H,1,7H2,2H3;1H/b6-5+,8-4?;. The van der Waals surface area contributed by atoms with Gasteiger partial charge in [0.2, 0.25) is 0 Å². The third-order valence-electron chi connectivity index (χ3n) is 0.608. The van der Waals surface area contributed by atoms with Crippen molar-refractivity contribution >= 4 is 6.21 Å². The minimum Gasteiger partial charge on any atom is -0.398 e. The van der Waals surface area contributed by atoms with Gasteiger partial charge in [0.15, 0.2) is 0 Å². The van der Waals surface area contributed by atoms with Gasteiger partial charge < -0.3 is 5.73 Å². The van der Waals surface area contributed by atoms with Gasteiger partial charge in [-0.15, -0.1) is 0 Å². The molecule has 2 N–H and O–H groups in total. The van der Waals surface area contributed by atoms with E-state index in [1.807, 2.05) is 6.92 Å². The van der Waals surface area contributed by atoms with Crippen LogP contribution in [0.3, 0.4) is 0 Å². The van der Waals surface area contributed by atoms with Gasteiger partial charge in [-0.05, 0) is 13.0 Å². The molecule has 2 nitrogen and oxygen atoms in total. The van der Waals surface area contributed by atoms with E-state index in [1.54, 1.807) is 18.5 Å². The zero-order valence-corrected chi connectivity index (χ0v) is 4.96. The third kappa shape index (κ3) is 3.15. The van der Waals surface area contributed by atoms with Gasteiger partial charge in [-0.3, -0.25) is 4.99 Å². The van der Waals surface area contributed by atoms with Crippen LogP contribution in [0.25, 0.3) is 0 Å². The van der Waals surface area contributed by atoms with Crippen LogP contribution in [0.1, 0.15) is 8.35 Å². The zero-order valence-electron chi connectivity index (χ0n) is 4.96. The molecule has 0 unspecified atom stereocenters. The molecule has 0 bridgehead atoms. The second-order valence-electron chi connectivity index (χ2n) is 1.24. The van der Waals surface area contributed by atoms with E-state index in [1.165, 1.54) is 0 Å². The molecule has 2 heteroatoms. The molecule has 0 saturated carbocycles. The number of nitrogens with two attached hydrogens (primary N) is 1. The first-order valence-corrected chi connectivity index (χ1v) is 2.37. The van der Waals surface area contributed by atoms with Gasteiger partial charge in [-0.25, -0.2) is 0 Å². The molecule has 0 aromatic carbocycles. The van der Waals surface area contributed by atoms with Gasteiger partial charge in [0.1, 0.15) is 0 Å². The highest BCUT2D eigenvalue weighted by Gasteiger charge is 1.71. The molecule has 0 aliphatic carbocycles. The first-order valence-electron chi connectivity index (χ1n) is 2.37. The number of hydrogen-bond acceptors (Lipinski definition) is 2. The number of allylic oxidation sites excluding steroid dienone is 1. The van der Waals surface area contributed by atoms with E-state index in [4.69, 9.17) is 5.73 Å². The Labute approximate surface area is 50.9 Å². The Bertz CT molecular complexity index is 127. The summed E-state index contributed by atoms with van der Waals surface area (Å²) in [4.78, 5) is 3.76. The van der Waals surface area contributed by atoms with Crippen molar-refractivity contribution in [3.05, 3.63) is 24.6 Å². The lowest BCUT2D eigenvalue weighted by Crippen LogP contribution is -1.89. The molecule has 0 radical (unpaired) electrons. The second-order valence-corrected chi connectivity index (χ2v) is 1.24. The summed E-state index contributed by atoms with van der Waals surface area (Å²) in [5.41, 5.74) is 5.87. The Morgan fingerprint density at radius 1 is 1.88 bits per heavy atom. The van der Waals surface area contributed by atoms with Crippen molar-refractivity contribution in [2.75, 3.05) is 0 Å². The minimum atomic E-state index is 0. The lowest BCUT2D eigenvalue weighted by atomic mass is 10.5. The molecule has 46 valence electrons. The van der Waals surface area contributed by atoms with Crippen LogP contribution in [0.15, 0.2) is 29.5 Å². The van der Waals surface area contributed by atoms with Crippen LogP contribution in [0.2, 0.25) is 0 Å². The molecular weight excluding hydrogens is 100 g/mol. The topological polar surface area (TPSA) is 38.4 Å². The number of hydrogen-bond donors (Lipinski definition) is 1. The van der Waals surface area contributed by atoms with Crippen LogP contribution in [0.5, 0.6) is 0 Å². The largest absolute Gasteiger partial charge is 0.398 e. The smallest absolute Gasteiger partial charge is 0.0493 e. The fourth-order valence-electron chi connectivity index (χ4n) is 0.213. The van der Waals surface area contributed by atoms with Gasteiger partial charge >= 0.3 is 0 Å². The Morgan fingerprint density at radius 3 is 2.88 bits per heavy atom. The van der Waals surface area contributed by atoms with E-state index in [0.717, 1.165) is 0 Å². The summed E-state index contributed by atoms with van der Waals surface area (Å²) in [6.45, 7) is 5.27. The van der Waals surface area contributed by atoms with Crippen molar-refractivity contribution in [2.45, 2.75) is 6.92 Å². The van der Waals surface area contributed by atoms with Crippen LogP contribution in [0, 0.1) is 0 Å². The summed E-state index contributed by atoms with van der Waals surface area (Å²) in [6.07, 6.45) is 4.76. The van der Waals surface area contributed by atoms with E-state index >= 15 is 0 Å². The molecular formula is C6H12N2. The van der Waals surface area contributed by atoms with Crippen LogP contribution >= 0.6 is 0 Å². The predicted molar refractivity (Wildman–Crippen MR) is 38.7 cm³/mol. The van der Waals surface area contributed by atoms with Crippen molar-refractivity contribution in [3.8, 4) is 0 Å². The minimum absolute atomic E-state index is 0. The monoisotopic (exact) mass is 112 g/mol. The third-order valence-corrected chi connectivity index (χ3v) is 0.608. The molecule has 0 aliphatic heterocycles. The van der Waals surface area contributed by atoms with Gasteiger partial charge in [-0.2, -0.15) is 0 Å². The lowest BCUT2D eigenvalue weighted by molar-refractivity contribution is 1.37. The molecule has 0 saturated heterocycles. The predicted octanol–water partition coefficient (Wildman–Crippen LogP) is 1.31. The van der Waals surface area contributed by atoms with Gasteiger partial charge in [0.25, 0.3) is 0 Å². The maximum Gasteiger partial charge on any atom is 0.0493 e. The van der Waals surface area contributed by atoms with E-state index in [2.05, 4.69) is 11.6 Å². The first-order chi connectivity index (χ1) is 3.81. The molecule has 0 aromatic heterocycles. The maximum absolute atomic E-state index is 5.29. The molecule has 0 fully saturated rings. The summed E-state index contributed by atoms with van der Waals surface area (Å²) in [7, 11) is 0. The molecule has 0 aliphatic rings. The maximum atomic E-state index is 5.29. The Hall–Kier alpha value is -1.05. The van der Waals surface area contributed by atoms with E-state index in [0.29, 0.717) is 5.70 Å². The summed E-state index contributed by atoms with van der Waals surface area (Å²) in [6, 6.07) is 0. The summed E-state index contributed by atoms with van der Waals surface area (Å²) in [5.74, 6) is 0. The fourth-order valence-corrected chi connectivity index (χ4v) is 0.213. The van der Waals surface area contributed by atoms with E-state index in [-0.39, 0.29) is 1.43 Å². The van der Waals surface area contributed by atoms with E-state index in [9.17, 15) is 0 Å². The molecule has 0 rings (SSSR count). The summed E-state index contributed by atoms with van der Waals surface area (Å²) >= 11 is 0. The Balaban J connectivity index is 0. The van der Waals surface area contributed by atoms with E-state index < -0.39 is 0 Å². The molecule has 0 atom stereocenters. The number of rotatable bonds is 2. The van der Waals surface area contributed by atoms with Crippen LogP contribution in [-0.2, 0) is 0 Å². The highest BCUT2D eigenvalue weighted by atomic mass is 14.7. The van der Waals surface area contributed by atoms with Gasteiger partial charge in [0, 0.05) is 19.5 Å². The highest BCUT2D eigenvalue weighted by Crippen LogP contribution is 1.82. The van der Waals surface area contributed by atoms with Crippen molar-refractivity contribution in [1.29, 1.82) is 0 Å². The van der Waals surface area contributed by atoms with Crippen molar-refractivity contribution in [1.82, 2.24) is 0 Å². The summed E-state index contributed by atoms with van der Waals surface area (Å²) in [5, 5.41) is 0.